The van der Waals surface area contributed by atoms with Crippen LogP contribution in [0.4, 0.5) is 5.82 Å². The molecule has 3 N–H and O–H groups in total. The van der Waals surface area contributed by atoms with E-state index in [2.05, 4.69) is 10.2 Å². The Kier molecular flexibility index (Phi) is 3.22. The van der Waals surface area contributed by atoms with E-state index >= 15 is 0 Å². The predicted molar refractivity (Wildman–Crippen MR) is 74.2 cm³/mol. The van der Waals surface area contributed by atoms with Crippen molar-refractivity contribution in [3.05, 3.63) is 27.9 Å². The maximum atomic E-state index is 6.31. The van der Waals surface area contributed by atoms with Crippen LogP contribution in [0.15, 0.2) is 6.07 Å². The second-order valence-electron chi connectivity index (χ2n) is 4.32. The van der Waals surface area contributed by atoms with E-state index in [1.165, 1.54) is 0 Å². The molecule has 4 nitrogen and oxygen atoms in total. The van der Waals surface area contributed by atoms with Crippen LogP contribution in [0.25, 0.3) is 11.1 Å². The Morgan fingerprint density at radius 3 is 2.44 bits per heavy atom. The standard InChI is InChI=1S/C13H16ClN3O/c1-6-5-9(18-4)10(7(2)12(6)14)11-8(3)16-17-13(11)15/h5H,1-4H3,(H3,15,16,17). The minimum absolute atomic E-state index is 0.453. The highest BCUT2D eigenvalue weighted by molar-refractivity contribution is 6.32. The first-order chi connectivity index (χ1) is 8.47. The minimum atomic E-state index is 0.453. The summed E-state index contributed by atoms with van der Waals surface area (Å²) in [6.07, 6.45) is 0. The first-order valence-corrected chi connectivity index (χ1v) is 5.99. The van der Waals surface area contributed by atoms with Gasteiger partial charge in [0.15, 0.2) is 5.82 Å². The van der Waals surface area contributed by atoms with Gasteiger partial charge in [0.2, 0.25) is 0 Å². The van der Waals surface area contributed by atoms with Gasteiger partial charge < -0.3 is 10.5 Å². The average molecular weight is 266 g/mol. The van der Waals surface area contributed by atoms with Crippen molar-refractivity contribution in [1.29, 1.82) is 0 Å². The van der Waals surface area contributed by atoms with Gasteiger partial charge in [-0.05, 0) is 38.0 Å². The third-order valence-electron chi connectivity index (χ3n) is 3.09. The van der Waals surface area contributed by atoms with Crippen molar-refractivity contribution in [2.75, 3.05) is 12.8 Å². The van der Waals surface area contributed by atoms with E-state index in [9.17, 15) is 0 Å². The van der Waals surface area contributed by atoms with E-state index in [1.807, 2.05) is 26.8 Å². The highest BCUT2D eigenvalue weighted by Gasteiger charge is 2.19. The summed E-state index contributed by atoms with van der Waals surface area (Å²) >= 11 is 6.31. The quantitative estimate of drug-likeness (QED) is 0.876. The molecule has 1 aromatic heterocycles. The number of rotatable bonds is 2. The van der Waals surface area contributed by atoms with Crippen LogP contribution in [0.2, 0.25) is 5.02 Å². The van der Waals surface area contributed by atoms with E-state index in [1.54, 1.807) is 7.11 Å². The smallest absolute Gasteiger partial charge is 0.153 e. The van der Waals surface area contributed by atoms with Crippen molar-refractivity contribution < 1.29 is 4.74 Å². The van der Waals surface area contributed by atoms with Gasteiger partial charge in [0.25, 0.3) is 0 Å². The van der Waals surface area contributed by atoms with Crippen LogP contribution in [0.1, 0.15) is 16.8 Å². The highest BCUT2D eigenvalue weighted by Crippen LogP contribution is 2.41. The SMILES string of the molecule is COc1cc(C)c(Cl)c(C)c1-c1c(N)n[nH]c1C. The minimum Gasteiger partial charge on any atom is -0.496 e. The number of nitrogens with one attached hydrogen (secondary N) is 1. The molecule has 0 unspecified atom stereocenters. The number of aromatic nitrogens is 2. The van der Waals surface area contributed by atoms with Crippen LogP contribution < -0.4 is 10.5 Å². The molecule has 0 bridgehead atoms. The summed E-state index contributed by atoms with van der Waals surface area (Å²) in [5, 5.41) is 7.62. The molecule has 0 amide bonds. The van der Waals surface area contributed by atoms with Crippen molar-refractivity contribution in [3.63, 3.8) is 0 Å². The summed E-state index contributed by atoms with van der Waals surface area (Å²) in [4.78, 5) is 0. The number of anilines is 1. The zero-order valence-corrected chi connectivity index (χ0v) is 11.6. The van der Waals surface area contributed by atoms with Crippen molar-refractivity contribution in [3.8, 4) is 16.9 Å². The third kappa shape index (κ3) is 1.82. The highest BCUT2D eigenvalue weighted by atomic mass is 35.5. The summed E-state index contributed by atoms with van der Waals surface area (Å²) in [6.45, 7) is 5.83. The van der Waals surface area contributed by atoms with Crippen molar-refractivity contribution >= 4 is 17.4 Å². The zero-order chi connectivity index (χ0) is 13.4. The molecule has 0 spiro atoms. The molecule has 1 heterocycles. The van der Waals surface area contributed by atoms with Crippen LogP contribution in [0.3, 0.4) is 0 Å². The molecule has 1 aromatic carbocycles. The van der Waals surface area contributed by atoms with Crippen molar-refractivity contribution in [2.45, 2.75) is 20.8 Å². The summed E-state index contributed by atoms with van der Waals surface area (Å²) in [5.74, 6) is 1.21. The molecule has 0 aliphatic rings. The number of aryl methyl sites for hydroxylation is 2. The maximum absolute atomic E-state index is 6.31. The number of benzene rings is 1. The normalized spacial score (nSPS) is 10.7. The maximum Gasteiger partial charge on any atom is 0.153 e. The van der Waals surface area contributed by atoms with Crippen LogP contribution >= 0.6 is 11.6 Å². The summed E-state index contributed by atoms with van der Waals surface area (Å²) < 4.78 is 5.44. The average Bonchev–Trinajstić information content (AvgIpc) is 2.66. The van der Waals surface area contributed by atoms with Crippen LogP contribution in [-0.4, -0.2) is 17.3 Å². The van der Waals surface area contributed by atoms with Gasteiger partial charge in [0.1, 0.15) is 5.75 Å². The number of hydrogen-bond donors (Lipinski definition) is 2. The molecule has 0 saturated heterocycles. The fourth-order valence-electron chi connectivity index (χ4n) is 2.16. The van der Waals surface area contributed by atoms with E-state index in [4.69, 9.17) is 22.1 Å². The Bertz CT molecular complexity index is 585. The molecule has 0 aliphatic heterocycles. The van der Waals surface area contributed by atoms with E-state index in [0.29, 0.717) is 5.82 Å². The lowest BCUT2D eigenvalue weighted by Gasteiger charge is -2.15. The fourth-order valence-corrected chi connectivity index (χ4v) is 2.31. The molecular weight excluding hydrogens is 250 g/mol. The fraction of sp³-hybridized carbons (Fsp3) is 0.308. The molecule has 2 rings (SSSR count). The van der Waals surface area contributed by atoms with Gasteiger partial charge in [-0.25, -0.2) is 0 Å². The molecule has 2 aromatic rings. The molecule has 0 radical (unpaired) electrons. The number of methoxy groups -OCH3 is 1. The van der Waals surface area contributed by atoms with Gasteiger partial charge in [0.05, 0.1) is 12.7 Å². The molecular formula is C13H16ClN3O. The summed E-state index contributed by atoms with van der Waals surface area (Å²) in [6, 6.07) is 1.91. The van der Waals surface area contributed by atoms with Gasteiger partial charge in [-0.1, -0.05) is 11.6 Å². The third-order valence-corrected chi connectivity index (χ3v) is 3.67. The molecule has 0 aliphatic carbocycles. The van der Waals surface area contributed by atoms with Gasteiger partial charge in [0, 0.05) is 16.3 Å². The van der Waals surface area contributed by atoms with Crippen LogP contribution in [0.5, 0.6) is 5.75 Å². The van der Waals surface area contributed by atoms with E-state index in [-0.39, 0.29) is 0 Å². The van der Waals surface area contributed by atoms with Crippen LogP contribution in [0, 0.1) is 20.8 Å². The Hall–Kier alpha value is -1.68. The van der Waals surface area contributed by atoms with Gasteiger partial charge in [-0.15, -0.1) is 0 Å². The number of halogens is 1. The number of nitrogens with two attached hydrogens (primary N) is 1. The molecule has 0 atom stereocenters. The number of nitrogens with zero attached hydrogens (tertiary/aromatic N) is 1. The lowest BCUT2D eigenvalue weighted by molar-refractivity contribution is 0.416. The Morgan fingerprint density at radius 2 is 1.94 bits per heavy atom. The summed E-state index contributed by atoms with van der Waals surface area (Å²) in [7, 11) is 1.64. The lowest BCUT2D eigenvalue weighted by Crippen LogP contribution is -1.97. The second-order valence-corrected chi connectivity index (χ2v) is 4.70. The Morgan fingerprint density at radius 1 is 1.28 bits per heavy atom. The molecule has 0 saturated carbocycles. The van der Waals surface area contributed by atoms with Gasteiger partial charge in [-0.2, -0.15) is 5.10 Å². The van der Waals surface area contributed by atoms with Crippen molar-refractivity contribution in [1.82, 2.24) is 10.2 Å². The van der Waals surface area contributed by atoms with E-state index in [0.717, 1.165) is 38.7 Å². The van der Waals surface area contributed by atoms with Crippen molar-refractivity contribution in [2.24, 2.45) is 0 Å². The predicted octanol–water partition coefficient (Wildman–Crippen LogP) is 3.25. The Balaban J connectivity index is 2.82. The zero-order valence-electron chi connectivity index (χ0n) is 10.9. The van der Waals surface area contributed by atoms with Gasteiger partial charge >= 0.3 is 0 Å². The number of ether oxygens (including phenoxy) is 1. The number of nitrogen functional groups attached to an aromatic ring is 1. The molecule has 0 fully saturated rings. The summed E-state index contributed by atoms with van der Waals surface area (Å²) in [5.41, 5.74) is 10.5. The van der Waals surface area contributed by atoms with Crippen LogP contribution in [-0.2, 0) is 0 Å². The molecule has 5 heteroatoms. The number of aromatic amines is 1. The largest absolute Gasteiger partial charge is 0.496 e. The first-order valence-electron chi connectivity index (χ1n) is 5.61. The monoisotopic (exact) mass is 265 g/mol. The first kappa shape index (κ1) is 12.8. The number of H-pyrrole nitrogens is 1. The Labute approximate surface area is 111 Å². The lowest BCUT2D eigenvalue weighted by atomic mass is 9.97. The van der Waals surface area contributed by atoms with Gasteiger partial charge in [-0.3, -0.25) is 5.10 Å². The topological polar surface area (TPSA) is 63.9 Å². The molecule has 96 valence electrons. The molecule has 18 heavy (non-hydrogen) atoms. The second kappa shape index (κ2) is 4.53. The van der Waals surface area contributed by atoms with E-state index < -0.39 is 0 Å². The number of hydrogen-bond acceptors (Lipinski definition) is 3.